The van der Waals surface area contributed by atoms with Gasteiger partial charge in [0.25, 0.3) is 5.56 Å². The minimum Gasteiger partial charge on any atom is -0.454 e. The number of rotatable bonds is 6. The van der Waals surface area contributed by atoms with Crippen LogP contribution in [-0.4, -0.2) is 39.6 Å². The number of hydrogen-bond donors (Lipinski definition) is 1. The van der Waals surface area contributed by atoms with Crippen LogP contribution in [0.3, 0.4) is 0 Å². The monoisotopic (exact) mass is 467 g/mol. The van der Waals surface area contributed by atoms with Gasteiger partial charge in [-0.2, -0.15) is 0 Å². The van der Waals surface area contributed by atoms with E-state index in [1.165, 1.54) is 28.8 Å². The molecule has 0 aliphatic heterocycles. The second-order valence-corrected chi connectivity index (χ2v) is 9.85. The third kappa shape index (κ3) is 3.89. The molecule has 1 N–H and O–H groups in total. The Morgan fingerprint density at radius 2 is 1.88 bits per heavy atom. The summed E-state index contributed by atoms with van der Waals surface area (Å²) < 4.78 is 35.6. The summed E-state index contributed by atoms with van der Waals surface area (Å²) in [6.45, 7) is 1.72. The molecule has 170 valence electrons. The van der Waals surface area contributed by atoms with Crippen molar-refractivity contribution in [1.82, 2.24) is 23.9 Å². The van der Waals surface area contributed by atoms with Crippen molar-refractivity contribution >= 4 is 32.7 Å². The largest absolute Gasteiger partial charge is 0.454 e. The highest BCUT2D eigenvalue weighted by Crippen LogP contribution is 2.22. The van der Waals surface area contributed by atoms with Crippen LogP contribution in [0.25, 0.3) is 16.7 Å². The summed E-state index contributed by atoms with van der Waals surface area (Å²) in [5.41, 5.74) is 1.58. The number of aryl methyl sites for hydroxylation is 2. The maximum Gasteiger partial charge on any atom is 0.338 e. The Labute approximate surface area is 188 Å². The van der Waals surface area contributed by atoms with E-state index in [9.17, 15) is 18.0 Å². The first-order chi connectivity index (χ1) is 15.7. The first-order valence-corrected chi connectivity index (χ1v) is 11.9. The number of nitrogens with one attached hydrogen (secondary N) is 1. The lowest BCUT2D eigenvalue weighted by Crippen LogP contribution is -2.25. The molecule has 0 bridgehead atoms. The Hall–Kier alpha value is -3.57. The Morgan fingerprint density at radius 3 is 2.58 bits per heavy atom. The van der Waals surface area contributed by atoms with Crippen LogP contribution in [0.1, 0.15) is 34.6 Å². The van der Waals surface area contributed by atoms with Gasteiger partial charge in [-0.05, 0) is 56.2 Å². The van der Waals surface area contributed by atoms with Crippen LogP contribution in [0.15, 0.2) is 52.2 Å². The molecule has 10 nitrogen and oxygen atoms in total. The second kappa shape index (κ2) is 7.78. The average molecular weight is 468 g/mol. The molecule has 0 atom stereocenters. The second-order valence-electron chi connectivity index (χ2n) is 8.13. The van der Waals surface area contributed by atoms with E-state index in [4.69, 9.17) is 4.74 Å². The number of carbonyl (C=O) groups excluding carboxylic acids is 1. The molecule has 5 rings (SSSR count). The molecular weight excluding hydrogens is 446 g/mol. The zero-order chi connectivity index (χ0) is 23.3. The summed E-state index contributed by atoms with van der Waals surface area (Å²) >= 11 is 0. The number of esters is 1. The molecule has 2 heterocycles. The smallest absolute Gasteiger partial charge is 0.338 e. The van der Waals surface area contributed by atoms with E-state index in [0.29, 0.717) is 22.5 Å². The van der Waals surface area contributed by atoms with Gasteiger partial charge in [0.15, 0.2) is 12.4 Å². The number of aromatic nitrogens is 4. The van der Waals surface area contributed by atoms with Crippen molar-refractivity contribution in [3.8, 4) is 0 Å². The predicted octanol–water partition coefficient (Wildman–Crippen LogP) is 1.69. The van der Waals surface area contributed by atoms with Crippen molar-refractivity contribution in [2.24, 2.45) is 7.05 Å². The van der Waals surface area contributed by atoms with E-state index in [2.05, 4.69) is 14.9 Å². The van der Waals surface area contributed by atoms with Crippen molar-refractivity contribution in [2.45, 2.75) is 37.3 Å². The third-order valence-electron chi connectivity index (χ3n) is 5.57. The number of nitrogens with zero attached hydrogens (tertiary/aromatic N) is 4. The fraction of sp³-hybridized carbons (Fsp3) is 0.273. The maximum atomic E-state index is 12.7. The standard InChI is InChI=1S/C22H21N5O5S/c1-13-3-10-18-17(11-13)20(28)26(2)22-24-23-19(27(18)22)12-32-21(29)14-4-8-16(9-5-14)33(30,31)25-15-6-7-15/h3-5,8-11,15,25H,6-7,12H2,1-2H3. The molecule has 4 aromatic rings. The highest BCUT2D eigenvalue weighted by atomic mass is 32.2. The molecule has 1 aliphatic carbocycles. The van der Waals surface area contributed by atoms with E-state index < -0.39 is 16.0 Å². The molecule has 0 amide bonds. The SMILES string of the molecule is Cc1ccc2c(c1)c(=O)n(C)c1nnc(COC(=O)c3ccc(S(=O)(=O)NC4CC4)cc3)n21. The number of ether oxygens (including phenoxy) is 1. The van der Waals surface area contributed by atoms with Crippen LogP contribution in [0.5, 0.6) is 0 Å². The molecule has 0 unspecified atom stereocenters. The van der Waals surface area contributed by atoms with Crippen LogP contribution in [-0.2, 0) is 28.4 Å². The lowest BCUT2D eigenvalue weighted by atomic mass is 10.1. The zero-order valence-electron chi connectivity index (χ0n) is 18.0. The van der Waals surface area contributed by atoms with Gasteiger partial charge in [0, 0.05) is 13.1 Å². The van der Waals surface area contributed by atoms with Crippen molar-refractivity contribution in [2.75, 3.05) is 0 Å². The van der Waals surface area contributed by atoms with E-state index >= 15 is 0 Å². The average Bonchev–Trinajstić information content (AvgIpc) is 3.50. The van der Waals surface area contributed by atoms with Crippen LogP contribution in [0.2, 0.25) is 0 Å². The minimum absolute atomic E-state index is 0.00268. The first kappa shape index (κ1) is 21.3. The molecule has 11 heteroatoms. The lowest BCUT2D eigenvalue weighted by Gasteiger charge is -2.09. The molecular formula is C22H21N5O5S. The van der Waals surface area contributed by atoms with Gasteiger partial charge in [-0.15, -0.1) is 10.2 Å². The Morgan fingerprint density at radius 1 is 1.15 bits per heavy atom. The molecule has 1 saturated carbocycles. The van der Waals surface area contributed by atoms with Crippen molar-refractivity contribution in [1.29, 1.82) is 0 Å². The molecule has 0 saturated heterocycles. The summed E-state index contributed by atoms with van der Waals surface area (Å²) in [7, 11) is -1.99. The van der Waals surface area contributed by atoms with Crippen LogP contribution in [0, 0.1) is 6.92 Å². The highest BCUT2D eigenvalue weighted by Gasteiger charge is 2.28. The number of sulfonamides is 1. The van der Waals surface area contributed by atoms with Gasteiger partial charge in [-0.1, -0.05) is 11.6 Å². The maximum absolute atomic E-state index is 12.7. The van der Waals surface area contributed by atoms with Gasteiger partial charge in [0.2, 0.25) is 15.8 Å². The molecule has 2 aromatic carbocycles. The van der Waals surface area contributed by atoms with E-state index in [0.717, 1.165) is 18.4 Å². The first-order valence-electron chi connectivity index (χ1n) is 10.4. The topological polar surface area (TPSA) is 125 Å². The Balaban J connectivity index is 1.39. The number of benzene rings is 2. The normalized spacial score (nSPS) is 14.1. The van der Waals surface area contributed by atoms with Gasteiger partial charge in [-0.3, -0.25) is 13.8 Å². The molecule has 2 aromatic heterocycles. The highest BCUT2D eigenvalue weighted by molar-refractivity contribution is 7.89. The van der Waals surface area contributed by atoms with E-state index in [-0.39, 0.29) is 28.7 Å². The quantitative estimate of drug-likeness (QED) is 0.428. The van der Waals surface area contributed by atoms with Gasteiger partial charge >= 0.3 is 5.97 Å². The molecule has 33 heavy (non-hydrogen) atoms. The number of hydrogen-bond acceptors (Lipinski definition) is 7. The van der Waals surface area contributed by atoms with Crippen molar-refractivity contribution in [3.63, 3.8) is 0 Å². The van der Waals surface area contributed by atoms with Gasteiger partial charge in [-0.25, -0.2) is 17.9 Å². The summed E-state index contributed by atoms with van der Waals surface area (Å²) in [5, 5.41) is 8.69. The molecule has 0 radical (unpaired) electrons. The third-order valence-corrected chi connectivity index (χ3v) is 7.11. The van der Waals surface area contributed by atoms with E-state index in [1.54, 1.807) is 17.5 Å². The minimum atomic E-state index is -3.59. The Bertz CT molecular complexity index is 1570. The van der Waals surface area contributed by atoms with Gasteiger partial charge in [0.1, 0.15) is 0 Å². The van der Waals surface area contributed by atoms with Crippen LogP contribution < -0.4 is 10.3 Å². The molecule has 0 spiro atoms. The van der Waals surface area contributed by atoms with Crippen LogP contribution in [0.4, 0.5) is 0 Å². The summed E-state index contributed by atoms with van der Waals surface area (Å²) in [5.74, 6) is 0.0616. The number of fused-ring (bicyclic) bond motifs is 3. The zero-order valence-corrected chi connectivity index (χ0v) is 18.8. The van der Waals surface area contributed by atoms with Gasteiger partial charge < -0.3 is 4.74 Å². The van der Waals surface area contributed by atoms with Crippen LogP contribution >= 0.6 is 0 Å². The lowest BCUT2D eigenvalue weighted by molar-refractivity contribution is 0.0461. The molecule has 1 fully saturated rings. The Kier molecular flexibility index (Phi) is 5.02. The fourth-order valence-electron chi connectivity index (χ4n) is 3.62. The van der Waals surface area contributed by atoms with Crippen molar-refractivity contribution < 1.29 is 17.9 Å². The van der Waals surface area contributed by atoms with E-state index in [1.807, 2.05) is 19.1 Å². The van der Waals surface area contributed by atoms with Crippen molar-refractivity contribution in [3.05, 3.63) is 69.8 Å². The van der Waals surface area contributed by atoms with Gasteiger partial charge in [0.05, 0.1) is 21.4 Å². The molecule has 1 aliphatic rings. The predicted molar refractivity (Wildman–Crippen MR) is 119 cm³/mol. The summed E-state index contributed by atoms with van der Waals surface area (Å²) in [4.78, 5) is 25.3. The summed E-state index contributed by atoms with van der Waals surface area (Å²) in [6, 6.07) is 11.0. The number of carbonyl (C=O) groups is 1. The summed E-state index contributed by atoms with van der Waals surface area (Å²) in [6.07, 6.45) is 1.67. The fourth-order valence-corrected chi connectivity index (χ4v) is 4.93.